The van der Waals surface area contributed by atoms with E-state index < -0.39 is 0 Å². The smallest absolute Gasteiger partial charge is 0.314 e. The maximum absolute atomic E-state index is 11.0. The molecule has 0 radical (unpaired) electrons. The zero-order chi connectivity index (χ0) is 10.3. The molecule has 0 aromatic rings. The molecule has 0 aromatic heterocycles. The van der Waals surface area contributed by atoms with Crippen LogP contribution in [0.3, 0.4) is 0 Å². The van der Waals surface area contributed by atoms with Gasteiger partial charge < -0.3 is 16.4 Å². The predicted octanol–water partition coefficient (Wildman–Crippen LogP) is 0.821. The molecule has 2 amide bonds. The molecule has 4 heteroatoms. The summed E-state index contributed by atoms with van der Waals surface area (Å²) in [6.07, 6.45) is 1.88. The van der Waals surface area contributed by atoms with Crippen molar-refractivity contribution in [2.75, 3.05) is 6.54 Å². The highest BCUT2D eigenvalue weighted by atomic mass is 16.2. The van der Waals surface area contributed by atoms with Crippen LogP contribution >= 0.6 is 0 Å². The van der Waals surface area contributed by atoms with Crippen molar-refractivity contribution in [1.82, 2.24) is 10.6 Å². The number of rotatable bonds is 5. The van der Waals surface area contributed by atoms with Crippen LogP contribution in [-0.2, 0) is 0 Å². The van der Waals surface area contributed by atoms with Crippen molar-refractivity contribution in [3.05, 3.63) is 0 Å². The number of amides is 2. The van der Waals surface area contributed by atoms with Crippen molar-refractivity contribution in [3.63, 3.8) is 0 Å². The largest absolute Gasteiger partial charge is 0.338 e. The molecule has 4 nitrogen and oxygen atoms in total. The van der Waals surface area contributed by atoms with Crippen molar-refractivity contribution in [2.24, 2.45) is 5.73 Å². The molecule has 13 heavy (non-hydrogen) atoms. The molecular weight excluding hydrogens is 166 g/mol. The van der Waals surface area contributed by atoms with Gasteiger partial charge in [0.05, 0.1) is 0 Å². The van der Waals surface area contributed by atoms with E-state index in [2.05, 4.69) is 10.6 Å². The van der Waals surface area contributed by atoms with Crippen LogP contribution in [0.15, 0.2) is 0 Å². The van der Waals surface area contributed by atoms with Crippen LogP contribution in [0, 0.1) is 0 Å². The number of nitrogens with two attached hydrogens (primary N) is 1. The Hall–Kier alpha value is -0.770. The fraction of sp³-hybridized carbons (Fsp3) is 0.889. The first-order valence-electron chi connectivity index (χ1n) is 4.82. The Balaban J connectivity index is 3.27. The van der Waals surface area contributed by atoms with Gasteiger partial charge in [-0.05, 0) is 33.6 Å². The summed E-state index contributed by atoms with van der Waals surface area (Å²) >= 11 is 0. The Kier molecular flexibility index (Phi) is 6.32. The molecule has 0 saturated carbocycles. The summed E-state index contributed by atoms with van der Waals surface area (Å²) in [4.78, 5) is 11.0. The van der Waals surface area contributed by atoms with Gasteiger partial charge in [-0.15, -0.1) is 0 Å². The van der Waals surface area contributed by atoms with Crippen molar-refractivity contribution in [2.45, 2.75) is 45.7 Å². The standard InChI is InChI=1S/C9H21N3O/c1-7(2)12-9(13)11-6-4-5-8(3)10/h7-8H,4-6,10H2,1-3H3,(H2,11,12,13). The summed E-state index contributed by atoms with van der Waals surface area (Å²) in [7, 11) is 0. The van der Waals surface area contributed by atoms with Crippen LogP contribution in [0.25, 0.3) is 0 Å². The number of carbonyl (C=O) groups is 1. The lowest BCUT2D eigenvalue weighted by molar-refractivity contribution is 0.238. The van der Waals surface area contributed by atoms with Gasteiger partial charge >= 0.3 is 6.03 Å². The highest BCUT2D eigenvalue weighted by Crippen LogP contribution is 1.90. The van der Waals surface area contributed by atoms with Crippen molar-refractivity contribution in [1.29, 1.82) is 0 Å². The van der Waals surface area contributed by atoms with Crippen molar-refractivity contribution in [3.8, 4) is 0 Å². The molecule has 0 bridgehead atoms. The van der Waals surface area contributed by atoms with E-state index in [0.717, 1.165) is 12.8 Å². The minimum atomic E-state index is -0.0975. The highest BCUT2D eigenvalue weighted by Gasteiger charge is 2.00. The molecular formula is C9H21N3O. The lowest BCUT2D eigenvalue weighted by Crippen LogP contribution is -2.40. The van der Waals surface area contributed by atoms with E-state index in [-0.39, 0.29) is 18.1 Å². The number of nitrogens with one attached hydrogen (secondary N) is 2. The van der Waals surface area contributed by atoms with Crippen LogP contribution in [0.5, 0.6) is 0 Å². The van der Waals surface area contributed by atoms with Gasteiger partial charge in [0.1, 0.15) is 0 Å². The molecule has 0 aliphatic carbocycles. The number of hydrogen-bond donors (Lipinski definition) is 3. The van der Waals surface area contributed by atoms with Crippen LogP contribution in [-0.4, -0.2) is 24.7 Å². The number of urea groups is 1. The molecule has 0 aliphatic rings. The van der Waals surface area contributed by atoms with Gasteiger partial charge in [0, 0.05) is 18.6 Å². The molecule has 0 aliphatic heterocycles. The number of carbonyl (C=O) groups excluding carboxylic acids is 1. The maximum Gasteiger partial charge on any atom is 0.314 e. The van der Waals surface area contributed by atoms with E-state index in [9.17, 15) is 4.79 Å². The second-order valence-corrected chi connectivity index (χ2v) is 3.67. The monoisotopic (exact) mass is 187 g/mol. The first-order valence-corrected chi connectivity index (χ1v) is 4.82. The fourth-order valence-electron chi connectivity index (χ4n) is 0.939. The van der Waals surface area contributed by atoms with Gasteiger partial charge in [-0.1, -0.05) is 0 Å². The summed E-state index contributed by atoms with van der Waals surface area (Å²) in [5.41, 5.74) is 5.56. The normalized spacial score (nSPS) is 12.7. The topological polar surface area (TPSA) is 67.1 Å². The van der Waals surface area contributed by atoms with Crippen molar-refractivity contribution >= 4 is 6.03 Å². The Morgan fingerprint density at radius 3 is 2.46 bits per heavy atom. The van der Waals surface area contributed by atoms with Gasteiger partial charge in [-0.2, -0.15) is 0 Å². The lowest BCUT2D eigenvalue weighted by atomic mass is 10.2. The van der Waals surface area contributed by atoms with Gasteiger partial charge in [-0.3, -0.25) is 0 Å². The number of hydrogen-bond acceptors (Lipinski definition) is 2. The van der Waals surface area contributed by atoms with Gasteiger partial charge in [0.25, 0.3) is 0 Å². The van der Waals surface area contributed by atoms with E-state index in [1.807, 2.05) is 20.8 Å². The summed E-state index contributed by atoms with van der Waals surface area (Å²) < 4.78 is 0. The third kappa shape index (κ3) is 9.14. The average molecular weight is 187 g/mol. The Labute approximate surface area is 80.3 Å². The maximum atomic E-state index is 11.0. The van der Waals surface area contributed by atoms with Crippen LogP contribution in [0.1, 0.15) is 33.6 Å². The molecule has 0 spiro atoms. The highest BCUT2D eigenvalue weighted by molar-refractivity contribution is 5.73. The van der Waals surface area contributed by atoms with E-state index in [0.29, 0.717) is 6.54 Å². The lowest BCUT2D eigenvalue weighted by Gasteiger charge is -2.10. The molecule has 78 valence electrons. The molecule has 1 unspecified atom stereocenters. The zero-order valence-corrected chi connectivity index (χ0v) is 8.76. The molecule has 4 N–H and O–H groups in total. The van der Waals surface area contributed by atoms with E-state index in [1.54, 1.807) is 0 Å². The molecule has 0 rings (SSSR count). The third-order valence-electron chi connectivity index (χ3n) is 1.54. The summed E-state index contributed by atoms with van der Waals surface area (Å²) in [6.45, 7) is 6.53. The van der Waals surface area contributed by atoms with Crippen LogP contribution in [0.2, 0.25) is 0 Å². The Morgan fingerprint density at radius 2 is 2.00 bits per heavy atom. The first kappa shape index (κ1) is 12.2. The second-order valence-electron chi connectivity index (χ2n) is 3.67. The van der Waals surface area contributed by atoms with Crippen LogP contribution < -0.4 is 16.4 Å². The van der Waals surface area contributed by atoms with E-state index in [4.69, 9.17) is 5.73 Å². The second kappa shape index (κ2) is 6.71. The first-order chi connectivity index (χ1) is 6.02. The quantitative estimate of drug-likeness (QED) is 0.558. The van der Waals surface area contributed by atoms with Crippen LogP contribution in [0.4, 0.5) is 4.79 Å². The third-order valence-corrected chi connectivity index (χ3v) is 1.54. The van der Waals surface area contributed by atoms with Gasteiger partial charge in [0.2, 0.25) is 0 Å². The predicted molar refractivity (Wildman–Crippen MR) is 54.6 cm³/mol. The minimum Gasteiger partial charge on any atom is -0.338 e. The average Bonchev–Trinajstić information content (AvgIpc) is 1.96. The van der Waals surface area contributed by atoms with E-state index in [1.165, 1.54) is 0 Å². The molecule has 0 saturated heterocycles. The molecule has 0 heterocycles. The minimum absolute atomic E-state index is 0.0975. The SMILES string of the molecule is CC(N)CCCNC(=O)NC(C)C. The van der Waals surface area contributed by atoms with Gasteiger partial charge in [-0.25, -0.2) is 4.79 Å². The molecule has 0 aromatic carbocycles. The van der Waals surface area contributed by atoms with Gasteiger partial charge in [0.15, 0.2) is 0 Å². The summed E-state index contributed by atoms with van der Waals surface area (Å²) in [5.74, 6) is 0. The zero-order valence-electron chi connectivity index (χ0n) is 8.76. The van der Waals surface area contributed by atoms with Crippen molar-refractivity contribution < 1.29 is 4.79 Å². The summed E-state index contributed by atoms with van der Waals surface area (Å²) in [6, 6.07) is 0.308. The molecule has 0 fully saturated rings. The van der Waals surface area contributed by atoms with E-state index >= 15 is 0 Å². The Bertz CT molecular complexity index is 146. The Morgan fingerprint density at radius 1 is 1.38 bits per heavy atom. The molecule has 1 atom stereocenters. The fourth-order valence-corrected chi connectivity index (χ4v) is 0.939. The summed E-state index contributed by atoms with van der Waals surface area (Å²) in [5, 5.41) is 5.51.